The molecule has 0 spiro atoms. The predicted molar refractivity (Wildman–Crippen MR) is 121 cm³/mol. The first-order valence-electron chi connectivity index (χ1n) is 10.7. The van der Waals surface area contributed by atoms with Crippen LogP contribution in [0.4, 0.5) is 0 Å². The average molecular weight is 446 g/mol. The van der Waals surface area contributed by atoms with Crippen molar-refractivity contribution < 1.29 is 17.9 Å². The number of carbonyl (C=O) groups is 1. The van der Waals surface area contributed by atoms with Crippen molar-refractivity contribution in [3.8, 4) is 5.75 Å². The van der Waals surface area contributed by atoms with Gasteiger partial charge in [0.05, 0.1) is 18.0 Å². The van der Waals surface area contributed by atoms with Crippen molar-refractivity contribution in [1.29, 1.82) is 0 Å². The Hall–Kier alpha value is -2.42. The van der Waals surface area contributed by atoms with Crippen molar-refractivity contribution in [2.24, 2.45) is 0 Å². The van der Waals surface area contributed by atoms with E-state index >= 15 is 0 Å². The largest absolute Gasteiger partial charge is 0.497 e. The molecule has 1 unspecified atom stereocenters. The lowest BCUT2D eigenvalue weighted by atomic mass is 10.0. The van der Waals surface area contributed by atoms with Gasteiger partial charge in [0.15, 0.2) is 0 Å². The van der Waals surface area contributed by atoms with E-state index in [-0.39, 0.29) is 22.9 Å². The summed E-state index contributed by atoms with van der Waals surface area (Å²) >= 11 is 0. The van der Waals surface area contributed by atoms with E-state index in [4.69, 9.17) is 4.74 Å². The van der Waals surface area contributed by atoms with Crippen LogP contribution in [-0.4, -0.2) is 52.0 Å². The van der Waals surface area contributed by atoms with Crippen molar-refractivity contribution in [2.75, 3.05) is 26.7 Å². The number of nitrogens with zero attached hydrogens (tertiary/aromatic N) is 1. The van der Waals surface area contributed by atoms with Crippen LogP contribution < -0.4 is 14.8 Å². The minimum atomic E-state index is -3.53. The molecule has 1 fully saturated rings. The number of ether oxygens (including phenoxy) is 1. The van der Waals surface area contributed by atoms with E-state index in [0.29, 0.717) is 12.1 Å². The molecule has 2 aromatic carbocycles. The van der Waals surface area contributed by atoms with Crippen LogP contribution in [0, 0.1) is 0 Å². The Morgan fingerprint density at radius 2 is 1.81 bits per heavy atom. The van der Waals surface area contributed by atoms with Gasteiger partial charge in [-0.05, 0) is 67.9 Å². The van der Waals surface area contributed by atoms with Gasteiger partial charge in [-0.3, -0.25) is 9.69 Å². The lowest BCUT2D eigenvalue weighted by Gasteiger charge is -2.30. The highest BCUT2D eigenvalue weighted by atomic mass is 32.2. The Morgan fingerprint density at radius 1 is 1.13 bits per heavy atom. The zero-order valence-corrected chi connectivity index (χ0v) is 19.1. The first-order valence-corrected chi connectivity index (χ1v) is 12.1. The molecule has 2 aromatic rings. The summed E-state index contributed by atoms with van der Waals surface area (Å²) in [4.78, 5) is 15.2. The number of hydrogen-bond acceptors (Lipinski definition) is 5. The smallest absolute Gasteiger partial charge is 0.251 e. The van der Waals surface area contributed by atoms with Gasteiger partial charge in [0.25, 0.3) is 5.91 Å². The number of sulfonamides is 1. The summed E-state index contributed by atoms with van der Waals surface area (Å²) in [5.74, 6) is 0.539. The maximum atomic E-state index is 12.7. The molecule has 0 saturated heterocycles. The van der Waals surface area contributed by atoms with Crippen LogP contribution in [0.5, 0.6) is 5.75 Å². The van der Waals surface area contributed by atoms with Crippen LogP contribution in [0.2, 0.25) is 0 Å². The van der Waals surface area contributed by atoms with E-state index in [1.54, 1.807) is 19.2 Å². The highest BCUT2D eigenvalue weighted by Gasteiger charge is 2.28. The molecule has 0 radical (unpaired) electrons. The second kappa shape index (κ2) is 10.3. The highest BCUT2D eigenvalue weighted by Crippen LogP contribution is 2.24. The van der Waals surface area contributed by atoms with Crippen LogP contribution in [-0.2, 0) is 10.0 Å². The van der Waals surface area contributed by atoms with Gasteiger partial charge in [-0.25, -0.2) is 13.1 Å². The molecule has 0 aromatic heterocycles. The Kier molecular flexibility index (Phi) is 7.69. The maximum absolute atomic E-state index is 12.7. The third-order valence-electron chi connectivity index (χ3n) is 5.51. The quantitative estimate of drug-likeness (QED) is 0.555. The van der Waals surface area contributed by atoms with Gasteiger partial charge in [0.1, 0.15) is 5.75 Å². The minimum Gasteiger partial charge on any atom is -0.497 e. The van der Waals surface area contributed by atoms with E-state index in [1.807, 2.05) is 24.3 Å². The fourth-order valence-electron chi connectivity index (χ4n) is 3.54. The molecule has 2 N–H and O–H groups in total. The first kappa shape index (κ1) is 23.2. The SMILES string of the molecule is CCN(CC)C(CNC(=O)c1ccc(S(=O)(=O)NC2CC2)cc1)c1cccc(OC)c1. The molecular formula is C23H31N3O4S. The zero-order chi connectivity index (χ0) is 22.4. The molecule has 168 valence electrons. The third kappa shape index (κ3) is 6.06. The maximum Gasteiger partial charge on any atom is 0.251 e. The molecule has 1 aliphatic carbocycles. The molecule has 1 aliphatic rings. The average Bonchev–Trinajstić information content (AvgIpc) is 3.60. The third-order valence-corrected chi connectivity index (χ3v) is 7.05. The molecule has 3 rings (SSSR count). The zero-order valence-electron chi connectivity index (χ0n) is 18.3. The van der Waals surface area contributed by atoms with Crippen molar-refractivity contribution in [3.05, 3.63) is 59.7 Å². The van der Waals surface area contributed by atoms with Gasteiger partial charge in [-0.2, -0.15) is 0 Å². The lowest BCUT2D eigenvalue weighted by molar-refractivity contribution is 0.0935. The second-order valence-corrected chi connectivity index (χ2v) is 9.36. The summed E-state index contributed by atoms with van der Waals surface area (Å²) in [6.07, 6.45) is 1.75. The summed E-state index contributed by atoms with van der Waals surface area (Å²) in [7, 11) is -1.89. The van der Waals surface area contributed by atoms with Crippen LogP contribution >= 0.6 is 0 Å². The fraction of sp³-hybridized carbons (Fsp3) is 0.435. The lowest BCUT2D eigenvalue weighted by Crippen LogP contribution is -2.38. The number of carbonyl (C=O) groups excluding carboxylic acids is 1. The number of methoxy groups -OCH3 is 1. The Balaban J connectivity index is 1.70. The van der Waals surface area contributed by atoms with E-state index < -0.39 is 10.0 Å². The summed E-state index contributed by atoms with van der Waals surface area (Å²) in [5.41, 5.74) is 1.49. The number of rotatable bonds is 11. The highest BCUT2D eigenvalue weighted by molar-refractivity contribution is 7.89. The molecule has 0 bridgehead atoms. The molecular weight excluding hydrogens is 414 g/mol. The molecule has 0 aliphatic heterocycles. The van der Waals surface area contributed by atoms with Crippen molar-refractivity contribution >= 4 is 15.9 Å². The van der Waals surface area contributed by atoms with Crippen molar-refractivity contribution in [1.82, 2.24) is 14.9 Å². The molecule has 1 amide bonds. The van der Waals surface area contributed by atoms with Gasteiger partial charge < -0.3 is 10.1 Å². The number of benzene rings is 2. The van der Waals surface area contributed by atoms with Crippen LogP contribution in [0.25, 0.3) is 0 Å². The monoisotopic (exact) mass is 445 g/mol. The number of hydrogen-bond donors (Lipinski definition) is 2. The molecule has 7 nitrogen and oxygen atoms in total. The molecule has 1 saturated carbocycles. The van der Waals surface area contributed by atoms with E-state index in [1.165, 1.54) is 12.1 Å². The standard InChI is InChI=1S/C23H31N3O4S/c1-4-26(5-2)22(18-7-6-8-20(15-18)30-3)16-24-23(27)17-9-13-21(14-10-17)31(28,29)25-19-11-12-19/h6-10,13-15,19,22,25H,4-5,11-12,16H2,1-3H3,(H,24,27). The Morgan fingerprint density at radius 3 is 2.39 bits per heavy atom. The number of nitrogens with one attached hydrogen (secondary N) is 2. The second-order valence-electron chi connectivity index (χ2n) is 7.64. The summed E-state index contributed by atoms with van der Waals surface area (Å²) in [6.45, 7) is 6.29. The summed E-state index contributed by atoms with van der Waals surface area (Å²) in [5, 5.41) is 3.00. The van der Waals surface area contributed by atoms with Gasteiger partial charge in [-0.1, -0.05) is 26.0 Å². The van der Waals surface area contributed by atoms with Crippen LogP contribution in [0.1, 0.15) is 48.7 Å². The van der Waals surface area contributed by atoms with E-state index in [9.17, 15) is 13.2 Å². The number of likely N-dealkylation sites (N-methyl/N-ethyl adjacent to an activating group) is 1. The summed E-state index contributed by atoms with van der Waals surface area (Å²) < 4.78 is 32.6. The van der Waals surface area contributed by atoms with Crippen molar-refractivity contribution in [2.45, 2.75) is 43.7 Å². The topological polar surface area (TPSA) is 87.7 Å². The summed E-state index contributed by atoms with van der Waals surface area (Å²) in [6, 6.07) is 14.0. The van der Waals surface area contributed by atoms with E-state index in [2.05, 4.69) is 28.8 Å². The first-order chi connectivity index (χ1) is 14.9. The van der Waals surface area contributed by atoms with Gasteiger partial charge in [0.2, 0.25) is 10.0 Å². The Bertz CT molecular complexity index is 984. The van der Waals surface area contributed by atoms with Gasteiger partial charge >= 0.3 is 0 Å². The fourth-order valence-corrected chi connectivity index (χ4v) is 4.84. The number of amides is 1. The Labute approximate surface area is 184 Å². The van der Waals surface area contributed by atoms with E-state index in [0.717, 1.165) is 37.2 Å². The molecule has 0 heterocycles. The van der Waals surface area contributed by atoms with Gasteiger partial charge in [0, 0.05) is 18.2 Å². The molecule has 31 heavy (non-hydrogen) atoms. The normalized spacial score (nSPS) is 15.0. The predicted octanol–water partition coefficient (Wildman–Crippen LogP) is 2.95. The van der Waals surface area contributed by atoms with Crippen LogP contribution in [0.15, 0.2) is 53.4 Å². The molecule has 1 atom stereocenters. The van der Waals surface area contributed by atoms with Crippen LogP contribution in [0.3, 0.4) is 0 Å². The van der Waals surface area contributed by atoms with Gasteiger partial charge in [-0.15, -0.1) is 0 Å². The minimum absolute atomic E-state index is 0.00329. The van der Waals surface area contributed by atoms with Crippen molar-refractivity contribution in [3.63, 3.8) is 0 Å². The molecule has 8 heteroatoms.